The molecule has 0 saturated carbocycles. The van der Waals surface area contributed by atoms with Gasteiger partial charge in [0, 0.05) is 14.9 Å². The molecule has 0 fully saturated rings. The molecule has 0 saturated heterocycles. The highest BCUT2D eigenvalue weighted by Gasteiger charge is 2.40. The minimum Gasteiger partial charge on any atom is -0.348 e. The molecule has 0 aromatic heterocycles. The zero-order chi connectivity index (χ0) is 21.3. The highest BCUT2D eigenvalue weighted by atomic mass is 35.5. The van der Waals surface area contributed by atoms with Gasteiger partial charge in [-0.25, -0.2) is 9.29 Å². The fourth-order valence-electron chi connectivity index (χ4n) is 2.92. The van der Waals surface area contributed by atoms with Gasteiger partial charge in [-0.2, -0.15) is 0 Å². The monoisotopic (exact) mass is 458 g/mol. The normalized spacial score (nSPS) is 13.9. The molecule has 0 aliphatic carbocycles. The first-order valence-corrected chi connectivity index (χ1v) is 10.3. The van der Waals surface area contributed by atoms with E-state index in [9.17, 15) is 14.0 Å². The van der Waals surface area contributed by atoms with Crippen LogP contribution in [0, 0.1) is 5.82 Å². The average Bonchev–Trinajstić information content (AvgIpc) is 2.93. The molecule has 0 bridgehead atoms. The summed E-state index contributed by atoms with van der Waals surface area (Å²) in [7, 11) is 0. The van der Waals surface area contributed by atoms with Crippen LogP contribution >= 0.6 is 35.0 Å². The third-order valence-corrected chi connectivity index (χ3v) is 5.77. The maximum Gasteiger partial charge on any atom is 0.283 e. The molecule has 2 amide bonds. The van der Waals surface area contributed by atoms with Crippen molar-refractivity contribution < 1.29 is 14.0 Å². The zero-order valence-electron chi connectivity index (χ0n) is 15.2. The second-order valence-electron chi connectivity index (χ2n) is 6.30. The third kappa shape index (κ3) is 4.07. The number of hydrogen-bond acceptors (Lipinski definition) is 4. The van der Waals surface area contributed by atoms with Crippen LogP contribution in [0.15, 0.2) is 88.3 Å². The van der Waals surface area contributed by atoms with E-state index in [-0.39, 0.29) is 32.0 Å². The number of amides is 2. The van der Waals surface area contributed by atoms with Crippen LogP contribution in [0.4, 0.5) is 15.8 Å². The van der Waals surface area contributed by atoms with Crippen molar-refractivity contribution in [1.82, 2.24) is 0 Å². The van der Waals surface area contributed by atoms with Gasteiger partial charge in [0.05, 0.1) is 11.4 Å². The lowest BCUT2D eigenvalue weighted by Gasteiger charge is -2.16. The summed E-state index contributed by atoms with van der Waals surface area (Å²) in [6.45, 7) is 0. The number of thioether (sulfide) groups is 1. The molecule has 0 atom stereocenters. The fraction of sp³-hybridized carbons (Fsp3) is 0. The van der Waals surface area contributed by atoms with E-state index < -0.39 is 17.6 Å². The summed E-state index contributed by atoms with van der Waals surface area (Å²) >= 11 is 13.2. The molecular formula is C22H13Cl2FN2O2S. The SMILES string of the molecule is O=C1C(Nc2ccccc2F)=C(Sc2ccccc2)C(=O)N1c1cc(Cl)cc(Cl)c1. The molecule has 150 valence electrons. The molecule has 1 heterocycles. The molecule has 0 spiro atoms. The number of imide groups is 1. The van der Waals surface area contributed by atoms with Gasteiger partial charge >= 0.3 is 0 Å². The van der Waals surface area contributed by atoms with Crippen molar-refractivity contribution in [2.45, 2.75) is 4.90 Å². The van der Waals surface area contributed by atoms with Crippen LogP contribution < -0.4 is 10.2 Å². The van der Waals surface area contributed by atoms with Crippen LogP contribution in [-0.4, -0.2) is 11.8 Å². The molecule has 3 aromatic rings. The quantitative estimate of drug-likeness (QED) is 0.467. The molecule has 0 radical (unpaired) electrons. The van der Waals surface area contributed by atoms with Gasteiger partial charge in [-0.3, -0.25) is 9.59 Å². The Morgan fingerprint density at radius 2 is 1.47 bits per heavy atom. The topological polar surface area (TPSA) is 49.4 Å². The van der Waals surface area contributed by atoms with Crippen LogP contribution in [-0.2, 0) is 9.59 Å². The standard InChI is InChI=1S/C22H13Cl2FN2O2S/c23-13-10-14(24)12-15(11-13)27-21(28)19(26-18-9-5-4-8-17(18)25)20(22(27)29)30-16-6-2-1-3-7-16/h1-12,26H. The summed E-state index contributed by atoms with van der Waals surface area (Å²) in [4.78, 5) is 28.3. The molecule has 1 aliphatic heterocycles. The maximum absolute atomic E-state index is 14.2. The number of para-hydroxylation sites is 1. The van der Waals surface area contributed by atoms with Gasteiger partial charge in [0.15, 0.2) is 0 Å². The molecule has 4 nitrogen and oxygen atoms in total. The Hall–Kier alpha value is -2.80. The Morgan fingerprint density at radius 1 is 0.833 bits per heavy atom. The molecule has 1 aliphatic rings. The highest BCUT2D eigenvalue weighted by Crippen LogP contribution is 2.39. The van der Waals surface area contributed by atoms with E-state index in [0.29, 0.717) is 0 Å². The lowest BCUT2D eigenvalue weighted by molar-refractivity contribution is -0.120. The number of nitrogens with one attached hydrogen (secondary N) is 1. The first-order valence-electron chi connectivity index (χ1n) is 8.77. The Kier molecular flexibility index (Phi) is 5.81. The Morgan fingerprint density at radius 3 is 2.13 bits per heavy atom. The number of nitrogens with zero attached hydrogens (tertiary/aromatic N) is 1. The molecule has 1 N–H and O–H groups in total. The van der Waals surface area contributed by atoms with Crippen molar-refractivity contribution in [2.75, 3.05) is 10.2 Å². The van der Waals surface area contributed by atoms with Gasteiger partial charge in [-0.15, -0.1) is 0 Å². The van der Waals surface area contributed by atoms with Gasteiger partial charge in [0.2, 0.25) is 0 Å². The highest BCUT2D eigenvalue weighted by molar-refractivity contribution is 8.04. The molecule has 8 heteroatoms. The van der Waals surface area contributed by atoms with Gasteiger partial charge in [0.1, 0.15) is 16.4 Å². The van der Waals surface area contributed by atoms with Crippen molar-refractivity contribution in [1.29, 1.82) is 0 Å². The van der Waals surface area contributed by atoms with Crippen molar-refractivity contribution in [3.05, 3.63) is 99.3 Å². The predicted octanol–water partition coefficient (Wildman–Crippen LogP) is 6.12. The smallest absolute Gasteiger partial charge is 0.283 e. The molecule has 3 aromatic carbocycles. The second-order valence-corrected chi connectivity index (χ2v) is 8.25. The van der Waals surface area contributed by atoms with Crippen LogP contribution in [0.25, 0.3) is 0 Å². The van der Waals surface area contributed by atoms with Gasteiger partial charge in [-0.05, 0) is 42.5 Å². The number of carbonyl (C=O) groups excluding carboxylic acids is 2. The van der Waals surface area contributed by atoms with Gasteiger partial charge in [-0.1, -0.05) is 65.3 Å². The lowest BCUT2D eigenvalue weighted by atomic mass is 10.2. The predicted molar refractivity (Wildman–Crippen MR) is 118 cm³/mol. The first kappa shape index (κ1) is 20.5. The van der Waals surface area contributed by atoms with E-state index in [1.165, 1.54) is 36.4 Å². The van der Waals surface area contributed by atoms with E-state index in [1.807, 2.05) is 30.3 Å². The summed E-state index contributed by atoms with van der Waals surface area (Å²) in [6.07, 6.45) is 0. The second kappa shape index (κ2) is 8.52. The lowest BCUT2D eigenvalue weighted by Crippen LogP contribution is -2.32. The largest absolute Gasteiger partial charge is 0.348 e. The Balaban J connectivity index is 1.78. The van der Waals surface area contributed by atoms with Crippen LogP contribution in [0.2, 0.25) is 10.0 Å². The van der Waals surface area contributed by atoms with E-state index in [4.69, 9.17) is 23.2 Å². The van der Waals surface area contributed by atoms with E-state index in [2.05, 4.69) is 5.32 Å². The van der Waals surface area contributed by atoms with Crippen LogP contribution in [0.1, 0.15) is 0 Å². The first-order chi connectivity index (χ1) is 14.4. The number of rotatable bonds is 5. The number of anilines is 2. The molecule has 30 heavy (non-hydrogen) atoms. The fourth-order valence-corrected chi connectivity index (χ4v) is 4.38. The third-order valence-electron chi connectivity index (χ3n) is 4.24. The van der Waals surface area contributed by atoms with Crippen molar-refractivity contribution in [3.63, 3.8) is 0 Å². The van der Waals surface area contributed by atoms with E-state index >= 15 is 0 Å². The van der Waals surface area contributed by atoms with Crippen LogP contribution in [0.3, 0.4) is 0 Å². The van der Waals surface area contributed by atoms with Crippen molar-refractivity contribution in [3.8, 4) is 0 Å². The van der Waals surface area contributed by atoms with E-state index in [1.54, 1.807) is 6.07 Å². The molecule has 4 rings (SSSR count). The van der Waals surface area contributed by atoms with Gasteiger partial charge in [0.25, 0.3) is 11.8 Å². The average molecular weight is 459 g/mol. The number of hydrogen-bond donors (Lipinski definition) is 1. The van der Waals surface area contributed by atoms with Crippen LogP contribution in [0.5, 0.6) is 0 Å². The number of benzene rings is 3. The van der Waals surface area contributed by atoms with Crippen molar-refractivity contribution in [2.24, 2.45) is 0 Å². The summed E-state index contributed by atoms with van der Waals surface area (Å²) < 4.78 is 14.2. The summed E-state index contributed by atoms with van der Waals surface area (Å²) in [5.74, 6) is -1.72. The molecule has 0 unspecified atom stereocenters. The summed E-state index contributed by atoms with van der Waals surface area (Å²) in [5, 5.41) is 3.36. The maximum atomic E-state index is 14.2. The summed E-state index contributed by atoms with van der Waals surface area (Å²) in [6, 6.07) is 19.5. The number of halogens is 3. The number of carbonyl (C=O) groups is 2. The van der Waals surface area contributed by atoms with Gasteiger partial charge < -0.3 is 5.32 Å². The minimum atomic E-state index is -0.625. The molecular weight excluding hydrogens is 446 g/mol. The Labute approximate surface area is 186 Å². The minimum absolute atomic E-state index is 0.0185. The Bertz CT molecular complexity index is 1160. The van der Waals surface area contributed by atoms with E-state index in [0.717, 1.165) is 21.6 Å². The zero-order valence-corrected chi connectivity index (χ0v) is 17.6. The van der Waals surface area contributed by atoms with Crippen molar-refractivity contribution >= 4 is 58.2 Å². The summed E-state index contributed by atoms with van der Waals surface area (Å²) in [5.41, 5.74) is 0.305.